The minimum absolute atomic E-state index is 0.591. The zero-order chi connectivity index (χ0) is 12.0. The quantitative estimate of drug-likeness (QED) is 0.767. The summed E-state index contributed by atoms with van der Waals surface area (Å²) in [6, 6.07) is 5.86. The first-order valence-electron chi connectivity index (χ1n) is 5.67. The maximum absolute atomic E-state index is 5.93. The van der Waals surface area contributed by atoms with Gasteiger partial charge in [0.05, 0.1) is 6.61 Å². The Morgan fingerprint density at radius 2 is 2.12 bits per heavy atom. The number of nitrogens with one attached hydrogen (secondary N) is 1. The van der Waals surface area contributed by atoms with Crippen molar-refractivity contribution in [3.05, 3.63) is 28.8 Å². The lowest BCUT2D eigenvalue weighted by atomic mass is 10.2. The van der Waals surface area contributed by atoms with Gasteiger partial charge in [-0.15, -0.1) is 0 Å². The molecular weight excluding hydrogens is 222 g/mol. The second-order valence-corrected chi connectivity index (χ2v) is 4.79. The Morgan fingerprint density at radius 3 is 2.81 bits per heavy atom. The molecule has 16 heavy (non-hydrogen) atoms. The molecule has 0 amide bonds. The summed E-state index contributed by atoms with van der Waals surface area (Å²) in [5.41, 5.74) is 2.29. The summed E-state index contributed by atoms with van der Waals surface area (Å²) < 4.78 is 5.49. The van der Waals surface area contributed by atoms with Crippen molar-refractivity contribution in [1.82, 2.24) is 0 Å². The van der Waals surface area contributed by atoms with Gasteiger partial charge in [0.2, 0.25) is 0 Å². The highest BCUT2D eigenvalue weighted by atomic mass is 35.5. The van der Waals surface area contributed by atoms with E-state index in [1.54, 1.807) is 0 Å². The Balaban J connectivity index is 2.29. The molecule has 0 unspecified atom stereocenters. The van der Waals surface area contributed by atoms with E-state index in [-0.39, 0.29) is 0 Å². The number of rotatable bonds is 6. The van der Waals surface area contributed by atoms with Crippen LogP contribution in [0, 0.1) is 12.8 Å². The maximum Gasteiger partial charge on any atom is 0.0639 e. The van der Waals surface area contributed by atoms with Crippen molar-refractivity contribution < 1.29 is 4.74 Å². The number of hydrogen-bond donors (Lipinski definition) is 1. The van der Waals surface area contributed by atoms with Crippen LogP contribution in [0.25, 0.3) is 0 Å². The molecule has 0 radical (unpaired) electrons. The number of benzene rings is 1. The molecule has 0 atom stereocenters. The summed E-state index contributed by atoms with van der Waals surface area (Å²) in [5.74, 6) is 0.591. The predicted octanol–water partition coefficient (Wildman–Crippen LogP) is 3.73. The molecular formula is C13H20ClNO. The molecule has 0 heterocycles. The summed E-state index contributed by atoms with van der Waals surface area (Å²) in [5, 5.41) is 4.08. The third kappa shape index (κ3) is 4.86. The van der Waals surface area contributed by atoms with Gasteiger partial charge in [-0.25, -0.2) is 0 Å². The van der Waals surface area contributed by atoms with Gasteiger partial charge >= 0.3 is 0 Å². The summed E-state index contributed by atoms with van der Waals surface area (Å²) in [7, 11) is 0. The highest BCUT2D eigenvalue weighted by Crippen LogP contribution is 2.19. The molecule has 1 aromatic carbocycles. The van der Waals surface area contributed by atoms with E-state index in [0.717, 1.165) is 30.5 Å². The minimum atomic E-state index is 0.591. The number of aryl methyl sites for hydroxylation is 1. The summed E-state index contributed by atoms with van der Waals surface area (Å²) in [6.45, 7) is 8.71. The molecule has 1 N–H and O–H groups in total. The molecule has 0 aliphatic rings. The number of hydrogen-bond acceptors (Lipinski definition) is 2. The number of ether oxygens (including phenoxy) is 1. The van der Waals surface area contributed by atoms with Crippen molar-refractivity contribution in [3.63, 3.8) is 0 Å². The van der Waals surface area contributed by atoms with Gasteiger partial charge in [0.1, 0.15) is 0 Å². The van der Waals surface area contributed by atoms with Gasteiger partial charge in [-0.3, -0.25) is 0 Å². The topological polar surface area (TPSA) is 21.3 Å². The van der Waals surface area contributed by atoms with Crippen LogP contribution in [0.4, 0.5) is 5.69 Å². The second-order valence-electron chi connectivity index (χ2n) is 4.35. The summed E-state index contributed by atoms with van der Waals surface area (Å²) in [6.07, 6.45) is 0. The zero-order valence-corrected chi connectivity index (χ0v) is 11.0. The third-order valence-corrected chi connectivity index (χ3v) is 2.45. The van der Waals surface area contributed by atoms with E-state index in [0.29, 0.717) is 5.92 Å². The van der Waals surface area contributed by atoms with E-state index in [9.17, 15) is 0 Å². The minimum Gasteiger partial charge on any atom is -0.382 e. The molecule has 1 rings (SSSR count). The van der Waals surface area contributed by atoms with Gasteiger partial charge in [0.15, 0.2) is 0 Å². The molecule has 0 saturated carbocycles. The van der Waals surface area contributed by atoms with Crippen LogP contribution >= 0.6 is 11.6 Å². The average Bonchev–Trinajstić information content (AvgIpc) is 2.22. The maximum atomic E-state index is 5.93. The SMILES string of the molecule is Cc1ccc(Cl)cc1NCCOCC(C)C. The van der Waals surface area contributed by atoms with Gasteiger partial charge in [-0.1, -0.05) is 31.5 Å². The van der Waals surface area contributed by atoms with Crippen molar-refractivity contribution in [1.29, 1.82) is 0 Å². The molecule has 0 bridgehead atoms. The van der Waals surface area contributed by atoms with Crippen LogP contribution in [0.15, 0.2) is 18.2 Å². The van der Waals surface area contributed by atoms with Crippen LogP contribution in [0.2, 0.25) is 5.02 Å². The van der Waals surface area contributed by atoms with Crippen LogP contribution in [0.1, 0.15) is 19.4 Å². The van der Waals surface area contributed by atoms with Gasteiger partial charge in [-0.2, -0.15) is 0 Å². The number of halogens is 1. The molecule has 1 aromatic rings. The Hall–Kier alpha value is -0.730. The van der Waals surface area contributed by atoms with Crippen molar-refractivity contribution in [2.45, 2.75) is 20.8 Å². The highest BCUT2D eigenvalue weighted by Gasteiger charge is 1.99. The fraction of sp³-hybridized carbons (Fsp3) is 0.538. The first-order valence-corrected chi connectivity index (χ1v) is 6.05. The fourth-order valence-electron chi connectivity index (χ4n) is 1.36. The normalized spacial score (nSPS) is 10.8. The molecule has 0 spiro atoms. The lowest BCUT2D eigenvalue weighted by Gasteiger charge is -2.11. The summed E-state index contributed by atoms with van der Waals surface area (Å²) in [4.78, 5) is 0. The largest absolute Gasteiger partial charge is 0.382 e. The van der Waals surface area contributed by atoms with E-state index in [1.165, 1.54) is 5.56 Å². The van der Waals surface area contributed by atoms with Crippen molar-refractivity contribution >= 4 is 17.3 Å². The molecule has 0 fully saturated rings. The molecule has 90 valence electrons. The van der Waals surface area contributed by atoms with Crippen LogP contribution in [-0.4, -0.2) is 19.8 Å². The number of anilines is 1. The van der Waals surface area contributed by atoms with Crippen LogP contribution in [-0.2, 0) is 4.74 Å². The molecule has 0 saturated heterocycles. The molecule has 2 nitrogen and oxygen atoms in total. The van der Waals surface area contributed by atoms with Crippen molar-refractivity contribution in [3.8, 4) is 0 Å². The van der Waals surface area contributed by atoms with Gasteiger partial charge in [0.25, 0.3) is 0 Å². The molecule has 0 aliphatic carbocycles. The van der Waals surface area contributed by atoms with E-state index in [1.807, 2.05) is 18.2 Å². The van der Waals surface area contributed by atoms with Crippen LogP contribution < -0.4 is 5.32 Å². The van der Waals surface area contributed by atoms with E-state index in [4.69, 9.17) is 16.3 Å². The van der Waals surface area contributed by atoms with E-state index < -0.39 is 0 Å². The molecule has 0 aromatic heterocycles. The monoisotopic (exact) mass is 241 g/mol. The predicted molar refractivity (Wildman–Crippen MR) is 70.3 cm³/mol. The van der Waals surface area contributed by atoms with E-state index >= 15 is 0 Å². The Bertz CT molecular complexity index is 326. The van der Waals surface area contributed by atoms with Crippen LogP contribution in [0.5, 0.6) is 0 Å². The summed E-state index contributed by atoms with van der Waals surface area (Å²) >= 11 is 5.93. The Labute approximate surface area is 103 Å². The lowest BCUT2D eigenvalue weighted by Crippen LogP contribution is -2.12. The van der Waals surface area contributed by atoms with Gasteiger partial charge in [0, 0.05) is 23.9 Å². The standard InChI is InChI=1S/C13H20ClNO/c1-10(2)9-16-7-6-15-13-8-12(14)5-4-11(13)3/h4-5,8,10,15H,6-7,9H2,1-3H3. The van der Waals surface area contributed by atoms with E-state index in [2.05, 4.69) is 26.1 Å². The highest BCUT2D eigenvalue weighted by molar-refractivity contribution is 6.30. The Kier molecular flexibility index (Phi) is 5.64. The molecule has 3 heteroatoms. The van der Waals surface area contributed by atoms with Crippen molar-refractivity contribution in [2.24, 2.45) is 5.92 Å². The fourth-order valence-corrected chi connectivity index (χ4v) is 1.53. The molecule has 0 aliphatic heterocycles. The van der Waals surface area contributed by atoms with Crippen molar-refractivity contribution in [2.75, 3.05) is 25.1 Å². The second kappa shape index (κ2) is 6.77. The zero-order valence-electron chi connectivity index (χ0n) is 10.2. The Morgan fingerprint density at radius 1 is 1.38 bits per heavy atom. The van der Waals surface area contributed by atoms with Gasteiger partial charge < -0.3 is 10.1 Å². The third-order valence-electron chi connectivity index (χ3n) is 2.21. The first kappa shape index (κ1) is 13.3. The van der Waals surface area contributed by atoms with Crippen LogP contribution in [0.3, 0.4) is 0 Å². The average molecular weight is 242 g/mol. The van der Waals surface area contributed by atoms with Gasteiger partial charge in [-0.05, 0) is 30.5 Å². The first-order chi connectivity index (χ1) is 7.59. The lowest BCUT2D eigenvalue weighted by molar-refractivity contribution is 0.118. The smallest absolute Gasteiger partial charge is 0.0639 e.